The van der Waals surface area contributed by atoms with Crippen molar-refractivity contribution in [3.63, 3.8) is 0 Å². The SMILES string of the molecule is COc1cc(CN(Cc2ccco2)Cc2ccco2)c([N+](=O)[O-])cc1OC(F)F. The Bertz CT molecular complexity index is 892. The highest BCUT2D eigenvalue weighted by Gasteiger charge is 2.24. The van der Waals surface area contributed by atoms with Gasteiger partial charge in [0.05, 0.1) is 43.7 Å². The van der Waals surface area contributed by atoms with Gasteiger partial charge in [-0.2, -0.15) is 8.78 Å². The molecule has 29 heavy (non-hydrogen) atoms. The zero-order valence-corrected chi connectivity index (χ0v) is 15.4. The Morgan fingerprint density at radius 3 is 2.14 bits per heavy atom. The van der Waals surface area contributed by atoms with Crippen LogP contribution in [0.2, 0.25) is 0 Å². The maximum atomic E-state index is 12.6. The number of nitrogens with zero attached hydrogens (tertiary/aromatic N) is 2. The molecule has 0 atom stereocenters. The Morgan fingerprint density at radius 1 is 1.07 bits per heavy atom. The summed E-state index contributed by atoms with van der Waals surface area (Å²) in [5.74, 6) is 0.885. The highest BCUT2D eigenvalue weighted by molar-refractivity contribution is 5.54. The molecule has 0 saturated carbocycles. The Labute approximate surface area is 164 Å². The molecular formula is C19H18F2N2O6. The van der Waals surface area contributed by atoms with Crippen LogP contribution in [0.25, 0.3) is 0 Å². The zero-order valence-electron chi connectivity index (χ0n) is 15.4. The molecule has 0 N–H and O–H groups in total. The minimum absolute atomic E-state index is 0.0261. The molecule has 1 aromatic carbocycles. The number of halogens is 2. The number of methoxy groups -OCH3 is 1. The fourth-order valence-corrected chi connectivity index (χ4v) is 2.89. The second-order valence-electron chi connectivity index (χ2n) is 6.07. The lowest BCUT2D eigenvalue weighted by molar-refractivity contribution is -0.385. The first kappa shape index (κ1) is 20.3. The van der Waals surface area contributed by atoms with E-state index in [1.165, 1.54) is 25.7 Å². The quantitative estimate of drug-likeness (QED) is 0.358. The molecule has 0 aliphatic carbocycles. The van der Waals surface area contributed by atoms with Crippen LogP contribution in [0.5, 0.6) is 11.5 Å². The Kier molecular flexibility index (Phi) is 6.45. The van der Waals surface area contributed by atoms with E-state index < -0.39 is 17.3 Å². The van der Waals surface area contributed by atoms with E-state index >= 15 is 0 Å². The molecule has 10 heteroatoms. The summed E-state index contributed by atoms with van der Waals surface area (Å²) in [7, 11) is 1.27. The number of furan rings is 2. The molecule has 2 aromatic heterocycles. The van der Waals surface area contributed by atoms with E-state index in [0.29, 0.717) is 24.6 Å². The molecule has 3 aromatic rings. The molecule has 0 bridgehead atoms. The smallest absolute Gasteiger partial charge is 0.387 e. The van der Waals surface area contributed by atoms with E-state index in [1.54, 1.807) is 24.3 Å². The molecule has 0 saturated heterocycles. The zero-order chi connectivity index (χ0) is 20.8. The molecule has 154 valence electrons. The standard InChI is InChI=1S/C19H18F2N2O6/c1-26-17-8-13(16(23(24)25)9-18(17)29-19(20)21)10-22(11-14-4-2-6-27-14)12-15-5-3-7-28-15/h2-9,19H,10-12H2,1H3. The lowest BCUT2D eigenvalue weighted by Gasteiger charge is -2.21. The van der Waals surface area contributed by atoms with Gasteiger partial charge in [0.2, 0.25) is 0 Å². The van der Waals surface area contributed by atoms with Gasteiger partial charge in [-0.1, -0.05) is 0 Å². The summed E-state index contributed by atoms with van der Waals surface area (Å²) >= 11 is 0. The van der Waals surface area contributed by atoms with Gasteiger partial charge in [-0.15, -0.1) is 0 Å². The van der Waals surface area contributed by atoms with E-state index in [-0.39, 0.29) is 23.5 Å². The molecule has 0 unspecified atom stereocenters. The summed E-state index contributed by atoms with van der Waals surface area (Å²) in [5.41, 5.74) is -0.0862. The summed E-state index contributed by atoms with van der Waals surface area (Å²) in [4.78, 5) is 12.7. The first-order valence-electron chi connectivity index (χ1n) is 8.53. The van der Waals surface area contributed by atoms with Gasteiger partial charge in [-0.3, -0.25) is 15.0 Å². The fraction of sp³-hybridized carbons (Fsp3) is 0.263. The lowest BCUT2D eigenvalue weighted by atomic mass is 10.1. The van der Waals surface area contributed by atoms with Crippen LogP contribution in [-0.4, -0.2) is 23.5 Å². The topological polar surface area (TPSA) is 91.1 Å². The van der Waals surface area contributed by atoms with Crippen molar-refractivity contribution >= 4 is 5.69 Å². The predicted molar refractivity (Wildman–Crippen MR) is 96.6 cm³/mol. The predicted octanol–water partition coefficient (Wildman–Crippen LogP) is 4.59. The minimum atomic E-state index is -3.14. The molecule has 0 amide bonds. The number of hydrogen-bond acceptors (Lipinski definition) is 7. The van der Waals surface area contributed by atoms with Gasteiger partial charge in [0.1, 0.15) is 11.5 Å². The average molecular weight is 408 g/mol. The monoisotopic (exact) mass is 408 g/mol. The van der Waals surface area contributed by atoms with Crippen LogP contribution in [0.3, 0.4) is 0 Å². The van der Waals surface area contributed by atoms with Crippen LogP contribution in [0.15, 0.2) is 57.8 Å². The van der Waals surface area contributed by atoms with Crippen LogP contribution in [-0.2, 0) is 19.6 Å². The summed E-state index contributed by atoms with van der Waals surface area (Å²) in [6.45, 7) is -2.32. The van der Waals surface area contributed by atoms with Gasteiger partial charge < -0.3 is 18.3 Å². The van der Waals surface area contributed by atoms with Crippen molar-refractivity contribution in [1.29, 1.82) is 0 Å². The van der Waals surface area contributed by atoms with Gasteiger partial charge in [0.25, 0.3) is 5.69 Å². The molecular weight excluding hydrogens is 390 g/mol. The fourth-order valence-electron chi connectivity index (χ4n) is 2.89. The second-order valence-corrected chi connectivity index (χ2v) is 6.07. The molecule has 0 radical (unpaired) electrons. The minimum Gasteiger partial charge on any atom is -0.493 e. The van der Waals surface area contributed by atoms with Gasteiger partial charge >= 0.3 is 6.61 Å². The third-order valence-electron chi connectivity index (χ3n) is 4.09. The van der Waals surface area contributed by atoms with Gasteiger partial charge in [-0.25, -0.2) is 0 Å². The maximum absolute atomic E-state index is 12.6. The van der Waals surface area contributed by atoms with E-state index in [9.17, 15) is 18.9 Å². The maximum Gasteiger partial charge on any atom is 0.387 e. The Morgan fingerprint density at radius 2 is 1.69 bits per heavy atom. The van der Waals surface area contributed by atoms with Crippen LogP contribution >= 0.6 is 0 Å². The highest BCUT2D eigenvalue weighted by Crippen LogP contribution is 2.36. The highest BCUT2D eigenvalue weighted by atomic mass is 19.3. The lowest BCUT2D eigenvalue weighted by Crippen LogP contribution is -2.22. The van der Waals surface area contributed by atoms with E-state index in [4.69, 9.17) is 13.6 Å². The van der Waals surface area contributed by atoms with E-state index in [1.807, 2.05) is 4.90 Å². The van der Waals surface area contributed by atoms with Crippen molar-refractivity contribution in [2.45, 2.75) is 26.2 Å². The third kappa shape index (κ3) is 5.32. The molecule has 0 spiro atoms. The van der Waals surface area contributed by atoms with Crippen molar-refractivity contribution in [3.8, 4) is 11.5 Å². The first-order valence-corrected chi connectivity index (χ1v) is 8.53. The number of hydrogen-bond donors (Lipinski definition) is 0. The van der Waals surface area contributed by atoms with Crippen molar-refractivity contribution in [2.24, 2.45) is 0 Å². The van der Waals surface area contributed by atoms with E-state index in [2.05, 4.69) is 4.74 Å². The molecule has 2 heterocycles. The summed E-state index contributed by atoms with van der Waals surface area (Å²) < 4.78 is 45.4. The van der Waals surface area contributed by atoms with Gasteiger partial charge in [0, 0.05) is 12.1 Å². The normalized spacial score (nSPS) is 11.2. The number of benzene rings is 1. The van der Waals surface area contributed by atoms with Crippen molar-refractivity contribution in [2.75, 3.05) is 7.11 Å². The average Bonchev–Trinajstić information content (AvgIpc) is 3.36. The van der Waals surface area contributed by atoms with Gasteiger partial charge in [-0.05, 0) is 30.3 Å². The third-order valence-corrected chi connectivity index (χ3v) is 4.09. The number of ether oxygens (including phenoxy) is 2. The molecule has 0 aliphatic heterocycles. The molecule has 8 nitrogen and oxygen atoms in total. The largest absolute Gasteiger partial charge is 0.493 e. The second kappa shape index (κ2) is 9.20. The Hall–Kier alpha value is -3.40. The molecule has 0 aliphatic rings. The number of rotatable bonds is 10. The summed E-state index contributed by atoms with van der Waals surface area (Å²) in [5, 5.41) is 11.5. The van der Waals surface area contributed by atoms with E-state index in [0.717, 1.165) is 6.07 Å². The van der Waals surface area contributed by atoms with Crippen LogP contribution in [0, 0.1) is 10.1 Å². The summed E-state index contributed by atoms with van der Waals surface area (Å²) in [6, 6.07) is 9.31. The molecule has 0 fully saturated rings. The Balaban J connectivity index is 1.93. The van der Waals surface area contributed by atoms with Crippen LogP contribution in [0.4, 0.5) is 14.5 Å². The number of alkyl halides is 2. The first-order chi connectivity index (χ1) is 14.0. The van der Waals surface area contributed by atoms with Crippen LogP contribution in [0.1, 0.15) is 17.1 Å². The molecule has 3 rings (SSSR count). The summed E-state index contributed by atoms with van der Waals surface area (Å²) in [6.07, 6.45) is 3.06. The van der Waals surface area contributed by atoms with Gasteiger partial charge in [0.15, 0.2) is 11.5 Å². The van der Waals surface area contributed by atoms with Crippen molar-refractivity contribution < 1.29 is 32.0 Å². The number of nitro groups is 1. The van der Waals surface area contributed by atoms with Crippen molar-refractivity contribution in [3.05, 3.63) is 76.1 Å². The van der Waals surface area contributed by atoms with Crippen molar-refractivity contribution in [1.82, 2.24) is 4.90 Å². The number of nitro benzene ring substituents is 1. The van der Waals surface area contributed by atoms with Crippen LogP contribution < -0.4 is 9.47 Å².